The molecule has 0 fully saturated rings. The van der Waals surface area contributed by atoms with Crippen molar-refractivity contribution in [3.63, 3.8) is 0 Å². The van der Waals surface area contributed by atoms with E-state index in [1.807, 2.05) is 0 Å². The lowest BCUT2D eigenvalue weighted by Gasteiger charge is -2.17. The second-order valence-electron chi connectivity index (χ2n) is 3.42. The van der Waals surface area contributed by atoms with E-state index in [0.29, 0.717) is 5.69 Å². The summed E-state index contributed by atoms with van der Waals surface area (Å²) in [6.07, 6.45) is -1.47. The Hall–Kier alpha value is -1.41. The standard InChI is InChI=1S/C10H14F3N3O2/c1-14-7(5-18-6-10(11,12)13)8-9(17-2)16-4-3-15-8/h3-4,7,14H,5-6H2,1-2H3. The molecule has 0 aliphatic heterocycles. The summed E-state index contributed by atoms with van der Waals surface area (Å²) in [6.45, 7) is -1.47. The van der Waals surface area contributed by atoms with Crippen LogP contribution in [0.15, 0.2) is 12.4 Å². The van der Waals surface area contributed by atoms with Gasteiger partial charge in [-0.25, -0.2) is 4.98 Å². The van der Waals surface area contributed by atoms with E-state index in [0.717, 1.165) is 0 Å². The van der Waals surface area contributed by atoms with E-state index in [1.54, 1.807) is 7.05 Å². The van der Waals surface area contributed by atoms with E-state index in [2.05, 4.69) is 20.0 Å². The van der Waals surface area contributed by atoms with Crippen LogP contribution in [-0.4, -0.2) is 43.5 Å². The number of aromatic nitrogens is 2. The van der Waals surface area contributed by atoms with Gasteiger partial charge in [0.2, 0.25) is 5.88 Å². The minimum absolute atomic E-state index is 0.176. The Morgan fingerprint density at radius 3 is 2.56 bits per heavy atom. The molecular weight excluding hydrogens is 251 g/mol. The highest BCUT2D eigenvalue weighted by molar-refractivity contribution is 5.21. The number of alkyl halides is 3. The van der Waals surface area contributed by atoms with Gasteiger partial charge < -0.3 is 14.8 Å². The van der Waals surface area contributed by atoms with Gasteiger partial charge in [0.1, 0.15) is 12.3 Å². The Balaban J connectivity index is 2.65. The maximum atomic E-state index is 12.0. The number of rotatable bonds is 6. The van der Waals surface area contributed by atoms with Crippen molar-refractivity contribution in [1.29, 1.82) is 0 Å². The first-order valence-corrected chi connectivity index (χ1v) is 5.14. The summed E-state index contributed by atoms with van der Waals surface area (Å²) in [5.74, 6) is 0.257. The topological polar surface area (TPSA) is 56.3 Å². The van der Waals surface area contributed by atoms with Gasteiger partial charge in [0.25, 0.3) is 0 Å². The Kier molecular flexibility index (Phi) is 5.29. The highest BCUT2D eigenvalue weighted by atomic mass is 19.4. The molecule has 0 amide bonds. The normalized spacial score (nSPS) is 13.4. The second kappa shape index (κ2) is 6.50. The molecule has 1 unspecified atom stereocenters. The van der Waals surface area contributed by atoms with Crippen LogP contribution in [0, 0.1) is 0 Å². The fraction of sp³-hybridized carbons (Fsp3) is 0.600. The minimum atomic E-state index is -4.34. The first kappa shape index (κ1) is 14.7. The van der Waals surface area contributed by atoms with Crippen LogP contribution in [0.5, 0.6) is 5.88 Å². The van der Waals surface area contributed by atoms with Gasteiger partial charge in [-0.05, 0) is 7.05 Å². The monoisotopic (exact) mass is 265 g/mol. The van der Waals surface area contributed by atoms with Crippen molar-refractivity contribution in [3.8, 4) is 5.88 Å². The van der Waals surface area contributed by atoms with Crippen LogP contribution in [0.1, 0.15) is 11.7 Å². The predicted molar refractivity (Wildman–Crippen MR) is 57.3 cm³/mol. The molecule has 0 aliphatic carbocycles. The van der Waals surface area contributed by atoms with Crippen molar-refractivity contribution in [2.24, 2.45) is 0 Å². The van der Waals surface area contributed by atoms with Crippen molar-refractivity contribution in [3.05, 3.63) is 18.1 Å². The molecule has 1 rings (SSSR count). The fourth-order valence-corrected chi connectivity index (χ4v) is 1.32. The smallest absolute Gasteiger partial charge is 0.411 e. The molecule has 0 saturated carbocycles. The van der Waals surface area contributed by atoms with E-state index < -0.39 is 18.8 Å². The first-order chi connectivity index (χ1) is 8.48. The molecule has 0 bridgehead atoms. The number of hydrogen-bond acceptors (Lipinski definition) is 5. The third-order valence-corrected chi connectivity index (χ3v) is 2.11. The molecule has 102 valence electrons. The summed E-state index contributed by atoms with van der Waals surface area (Å²) in [5.41, 5.74) is 0.407. The zero-order chi connectivity index (χ0) is 13.6. The number of ether oxygens (including phenoxy) is 2. The van der Waals surface area contributed by atoms with Gasteiger partial charge >= 0.3 is 6.18 Å². The molecule has 0 saturated heterocycles. The van der Waals surface area contributed by atoms with E-state index in [9.17, 15) is 13.2 Å². The molecule has 0 aromatic carbocycles. The largest absolute Gasteiger partial charge is 0.480 e. The SMILES string of the molecule is CNC(COCC(F)(F)F)c1nccnc1OC. The van der Waals surface area contributed by atoms with Crippen LogP contribution in [0.3, 0.4) is 0 Å². The average molecular weight is 265 g/mol. The van der Waals surface area contributed by atoms with E-state index >= 15 is 0 Å². The van der Waals surface area contributed by atoms with Gasteiger partial charge in [-0.2, -0.15) is 13.2 Å². The van der Waals surface area contributed by atoms with Gasteiger partial charge in [0.15, 0.2) is 0 Å². The van der Waals surface area contributed by atoms with E-state index in [1.165, 1.54) is 19.5 Å². The highest BCUT2D eigenvalue weighted by Crippen LogP contribution is 2.21. The Morgan fingerprint density at radius 2 is 2.00 bits per heavy atom. The predicted octanol–water partition coefficient (Wildman–Crippen LogP) is 1.32. The lowest BCUT2D eigenvalue weighted by atomic mass is 10.2. The Bertz CT molecular complexity index is 374. The summed E-state index contributed by atoms with van der Waals surface area (Å²) < 4.78 is 45.5. The summed E-state index contributed by atoms with van der Waals surface area (Å²) in [7, 11) is 3.01. The molecule has 0 spiro atoms. The highest BCUT2D eigenvalue weighted by Gasteiger charge is 2.28. The van der Waals surface area contributed by atoms with Crippen LogP contribution in [0.25, 0.3) is 0 Å². The maximum Gasteiger partial charge on any atom is 0.411 e. The first-order valence-electron chi connectivity index (χ1n) is 5.14. The summed E-state index contributed by atoms with van der Waals surface area (Å²) in [5, 5.41) is 2.80. The molecule has 0 radical (unpaired) electrons. The zero-order valence-corrected chi connectivity index (χ0v) is 9.99. The van der Waals surface area contributed by atoms with Crippen LogP contribution < -0.4 is 10.1 Å². The van der Waals surface area contributed by atoms with Crippen LogP contribution in [0.4, 0.5) is 13.2 Å². The van der Waals surface area contributed by atoms with Gasteiger partial charge in [0.05, 0.1) is 19.8 Å². The molecule has 1 aromatic heterocycles. The number of likely N-dealkylation sites (N-methyl/N-ethyl adjacent to an activating group) is 1. The molecule has 1 atom stereocenters. The quantitative estimate of drug-likeness (QED) is 0.840. The zero-order valence-electron chi connectivity index (χ0n) is 9.99. The molecule has 1 heterocycles. The summed E-state index contributed by atoms with van der Waals surface area (Å²) in [4.78, 5) is 7.94. The van der Waals surface area contributed by atoms with Crippen molar-refractivity contribution in [2.45, 2.75) is 12.2 Å². The maximum absolute atomic E-state index is 12.0. The number of methoxy groups -OCH3 is 1. The van der Waals surface area contributed by atoms with Crippen LogP contribution in [0.2, 0.25) is 0 Å². The third-order valence-electron chi connectivity index (χ3n) is 2.11. The Labute approximate surface area is 102 Å². The van der Waals surface area contributed by atoms with Crippen LogP contribution in [-0.2, 0) is 4.74 Å². The number of hydrogen-bond donors (Lipinski definition) is 1. The lowest BCUT2D eigenvalue weighted by Crippen LogP contribution is -2.26. The van der Waals surface area contributed by atoms with Gasteiger partial charge in [-0.1, -0.05) is 0 Å². The van der Waals surface area contributed by atoms with E-state index in [-0.39, 0.29) is 12.5 Å². The van der Waals surface area contributed by atoms with Crippen molar-refractivity contribution in [2.75, 3.05) is 27.4 Å². The summed E-state index contributed by atoms with van der Waals surface area (Å²) >= 11 is 0. The molecule has 1 N–H and O–H groups in total. The average Bonchev–Trinajstić information content (AvgIpc) is 2.33. The van der Waals surface area contributed by atoms with E-state index in [4.69, 9.17) is 4.74 Å². The lowest BCUT2D eigenvalue weighted by molar-refractivity contribution is -0.175. The van der Waals surface area contributed by atoms with Gasteiger partial charge in [-0.15, -0.1) is 0 Å². The summed E-state index contributed by atoms with van der Waals surface area (Å²) in [6, 6.07) is -0.518. The molecule has 0 aliphatic rings. The van der Waals surface area contributed by atoms with Crippen molar-refractivity contribution < 1.29 is 22.6 Å². The third kappa shape index (κ3) is 4.46. The van der Waals surface area contributed by atoms with Crippen molar-refractivity contribution in [1.82, 2.24) is 15.3 Å². The Morgan fingerprint density at radius 1 is 1.33 bits per heavy atom. The van der Waals surface area contributed by atoms with Gasteiger partial charge in [0, 0.05) is 12.4 Å². The minimum Gasteiger partial charge on any atom is -0.480 e. The number of nitrogens with zero attached hydrogens (tertiary/aromatic N) is 2. The number of halogens is 3. The van der Waals surface area contributed by atoms with Crippen LogP contribution >= 0.6 is 0 Å². The molecular formula is C10H14F3N3O2. The van der Waals surface area contributed by atoms with Crippen molar-refractivity contribution >= 4 is 0 Å². The molecule has 8 heteroatoms. The second-order valence-corrected chi connectivity index (χ2v) is 3.42. The molecule has 18 heavy (non-hydrogen) atoms. The molecule has 1 aromatic rings. The molecule has 5 nitrogen and oxygen atoms in total. The van der Waals surface area contributed by atoms with Gasteiger partial charge in [-0.3, -0.25) is 4.98 Å². The fourth-order valence-electron chi connectivity index (χ4n) is 1.32. The number of nitrogens with one attached hydrogen (secondary N) is 1.